The molecule has 7 aliphatic rings. The monoisotopic (exact) mass is 1310 g/mol. The van der Waals surface area contributed by atoms with Gasteiger partial charge < -0.3 is 175 Å². The number of ether oxygens (including phenoxy) is 13. The van der Waals surface area contributed by atoms with E-state index in [1.165, 1.54) is 6.92 Å². The normalized spacial score (nSPS) is 47.6. The number of carbonyl (C=O) groups excluding carboxylic acids is 4. The van der Waals surface area contributed by atoms with Crippen molar-refractivity contribution in [3.05, 3.63) is 0 Å². The quantitative estimate of drug-likeness (QED) is 0.0452. The van der Waals surface area contributed by atoms with Gasteiger partial charge in [0.15, 0.2) is 37.7 Å². The Labute approximate surface area is 512 Å². The van der Waals surface area contributed by atoms with Gasteiger partial charge in [0, 0.05) is 27.7 Å². The van der Waals surface area contributed by atoms with Gasteiger partial charge in [0.1, 0.15) is 165 Å². The van der Waals surface area contributed by atoms with Crippen LogP contribution in [-0.4, -0.2) is 376 Å². The third-order valence-electron chi connectivity index (χ3n) is 16.4. The molecule has 0 radical (unpaired) electrons. The predicted octanol–water partition coefficient (Wildman–Crippen LogP) is -14.6. The van der Waals surface area contributed by atoms with Gasteiger partial charge in [-0.15, -0.1) is 0 Å². The molecule has 0 spiro atoms. The van der Waals surface area contributed by atoms with Crippen molar-refractivity contribution in [3.8, 4) is 0 Å². The van der Waals surface area contributed by atoms with Crippen molar-refractivity contribution in [2.75, 3.05) is 46.2 Å². The highest BCUT2D eigenvalue weighted by Crippen LogP contribution is 2.37. The standard InChI is InChI=1S/C51H86N4O35/c1-13-25(52-14(2)62)43(88-49-38(75)37(74)30(67)19(7-57)81-49)33(70)24(79-13)12-78-46-27(54-16(4)64)35(72)41(22(10-60)84-46)86-50-40(77)45(32(69)21(9-59)82-50)90-48-28(55-17(5)65)36(73)42(23(11-61)85-48)87-51-39(76)44(31(68)20(8-58)83-51)89-47-26(53-15(3)63)34(71)29(66)18(6-56)80-47/h13,18-51,56-61,66-77H,6-12H2,1-5H3,(H,52,62)(H,53,63)(H,54,64)(H,55,65)/t13?,18?,19?,20?,21?,22?,23?,24?,25?,26?,27?,28?,29-,30+,31+,32+,33+,34-,35-,36-,37+,38?,39?,40?,41-,42-,43-,44+,45+,46-,47+,48+,49+,50+,51+/m1/s1. The number of nitrogens with one attached hydrogen (secondary N) is 4. The lowest BCUT2D eigenvalue weighted by Gasteiger charge is -2.50. The highest BCUT2D eigenvalue weighted by Gasteiger charge is 2.59. The molecule has 0 aromatic heterocycles. The first-order chi connectivity index (χ1) is 42.5. The Morgan fingerprint density at radius 2 is 0.600 bits per heavy atom. The van der Waals surface area contributed by atoms with Gasteiger partial charge in [0.05, 0.1) is 58.4 Å². The summed E-state index contributed by atoms with van der Waals surface area (Å²) in [5, 5.41) is 206. The molecule has 7 heterocycles. The maximum Gasteiger partial charge on any atom is 0.217 e. The first-order valence-corrected chi connectivity index (χ1v) is 28.9. The summed E-state index contributed by atoms with van der Waals surface area (Å²) >= 11 is 0. The van der Waals surface area contributed by atoms with Crippen LogP contribution < -0.4 is 21.3 Å². The molecule has 7 fully saturated rings. The maximum absolute atomic E-state index is 12.8. The molecule has 7 saturated heterocycles. The zero-order valence-corrected chi connectivity index (χ0v) is 49.1. The summed E-state index contributed by atoms with van der Waals surface area (Å²) in [4.78, 5) is 49.9. The molecule has 7 rings (SSSR count). The number of hydrogen-bond acceptors (Lipinski definition) is 35. The summed E-state index contributed by atoms with van der Waals surface area (Å²) in [7, 11) is 0. The van der Waals surface area contributed by atoms with Crippen molar-refractivity contribution in [3.63, 3.8) is 0 Å². The van der Waals surface area contributed by atoms with Crippen LogP contribution in [0.1, 0.15) is 34.6 Å². The van der Waals surface area contributed by atoms with E-state index in [2.05, 4.69) is 21.3 Å². The third-order valence-corrected chi connectivity index (χ3v) is 16.4. The molecule has 0 bridgehead atoms. The van der Waals surface area contributed by atoms with E-state index in [1.54, 1.807) is 0 Å². The molecule has 39 nitrogen and oxygen atoms in total. The zero-order valence-electron chi connectivity index (χ0n) is 49.1. The van der Waals surface area contributed by atoms with Crippen molar-refractivity contribution >= 4 is 23.6 Å². The van der Waals surface area contributed by atoms with Crippen LogP contribution in [0.3, 0.4) is 0 Å². The lowest BCUT2D eigenvalue weighted by molar-refractivity contribution is -0.383. The van der Waals surface area contributed by atoms with Crippen molar-refractivity contribution in [2.24, 2.45) is 0 Å². The average molecular weight is 1320 g/mol. The van der Waals surface area contributed by atoms with Crippen LogP contribution >= 0.6 is 0 Å². The van der Waals surface area contributed by atoms with Crippen LogP contribution in [0.2, 0.25) is 0 Å². The molecule has 4 amide bonds. The maximum atomic E-state index is 12.8. The molecule has 520 valence electrons. The molecule has 90 heavy (non-hydrogen) atoms. The fourth-order valence-electron chi connectivity index (χ4n) is 11.8. The van der Waals surface area contributed by atoms with Gasteiger partial charge in [-0.25, -0.2) is 0 Å². The largest absolute Gasteiger partial charge is 0.394 e. The van der Waals surface area contributed by atoms with Gasteiger partial charge >= 0.3 is 0 Å². The van der Waals surface area contributed by atoms with Crippen molar-refractivity contribution in [1.82, 2.24) is 21.3 Å². The summed E-state index contributed by atoms with van der Waals surface area (Å²) < 4.78 is 76.1. The van der Waals surface area contributed by atoms with Crippen molar-refractivity contribution < 1.29 is 173 Å². The first-order valence-electron chi connectivity index (χ1n) is 28.9. The highest BCUT2D eigenvalue weighted by molar-refractivity contribution is 5.74. The number of rotatable bonds is 23. The lowest BCUT2D eigenvalue weighted by atomic mass is 9.92. The second kappa shape index (κ2) is 32.4. The minimum atomic E-state index is -2.24. The number of hydrogen-bond donors (Lipinski definition) is 22. The van der Waals surface area contributed by atoms with Crippen LogP contribution in [0, 0.1) is 0 Å². The molecule has 35 atom stereocenters. The fourth-order valence-corrected chi connectivity index (χ4v) is 11.8. The Bertz CT molecular complexity index is 2310. The summed E-state index contributed by atoms with van der Waals surface area (Å²) in [6.45, 7) is -0.834. The van der Waals surface area contributed by atoms with Gasteiger partial charge in [0.25, 0.3) is 0 Å². The summed E-state index contributed by atoms with van der Waals surface area (Å²) in [6.07, 6.45) is -56.7. The van der Waals surface area contributed by atoms with Crippen LogP contribution in [0.15, 0.2) is 0 Å². The number of aliphatic hydroxyl groups is 18. The van der Waals surface area contributed by atoms with Crippen LogP contribution in [-0.2, 0) is 80.8 Å². The smallest absolute Gasteiger partial charge is 0.217 e. The Morgan fingerprint density at radius 1 is 0.300 bits per heavy atom. The molecule has 0 saturated carbocycles. The molecular weight excluding hydrogens is 1230 g/mol. The second-order valence-electron chi connectivity index (χ2n) is 22.9. The van der Waals surface area contributed by atoms with E-state index in [0.29, 0.717) is 0 Å². The predicted molar refractivity (Wildman–Crippen MR) is 282 cm³/mol. The second-order valence-corrected chi connectivity index (χ2v) is 22.9. The number of carbonyl (C=O) groups is 4. The van der Waals surface area contributed by atoms with Gasteiger partial charge in [-0.05, 0) is 6.92 Å². The molecule has 0 aromatic rings. The summed E-state index contributed by atoms with van der Waals surface area (Å²) in [6, 6.07) is -6.27. The van der Waals surface area contributed by atoms with Gasteiger partial charge in [-0.1, -0.05) is 0 Å². The van der Waals surface area contributed by atoms with Gasteiger partial charge in [0.2, 0.25) is 23.6 Å². The fraction of sp³-hybridized carbons (Fsp3) is 0.922. The zero-order chi connectivity index (χ0) is 66.5. The highest BCUT2D eigenvalue weighted by atomic mass is 16.8. The Balaban J connectivity index is 1.06. The topological polar surface area (TPSA) is 601 Å². The first kappa shape index (κ1) is 74.0. The van der Waals surface area contributed by atoms with E-state index < -0.39 is 284 Å². The van der Waals surface area contributed by atoms with E-state index in [0.717, 1.165) is 27.7 Å². The van der Waals surface area contributed by atoms with E-state index in [-0.39, 0.29) is 0 Å². The molecule has 39 heteroatoms. The molecular formula is C51H86N4O35. The molecule has 15 unspecified atom stereocenters. The van der Waals surface area contributed by atoms with Gasteiger partial charge in [-0.2, -0.15) is 0 Å². The van der Waals surface area contributed by atoms with Crippen LogP contribution in [0.5, 0.6) is 0 Å². The molecule has 22 N–H and O–H groups in total. The Morgan fingerprint density at radius 3 is 1.01 bits per heavy atom. The molecule has 0 aromatic carbocycles. The van der Waals surface area contributed by atoms with Gasteiger partial charge in [-0.3, -0.25) is 19.2 Å². The molecule has 0 aliphatic carbocycles. The lowest BCUT2D eigenvalue weighted by Crippen LogP contribution is -2.70. The summed E-state index contributed by atoms with van der Waals surface area (Å²) in [5.74, 6) is -3.05. The SMILES string of the molecule is CC(=O)NC1[C@H](O[C@@H]2C(O)[C@H](O[C@@H]3C(CO)O[C@@H](O[C@@H]4C(O)[C@H](O[C@@H]5C(CO)O[C@@H](OCC6OC(C)C(NC(C)=O)[C@@H](O[C@@H]7OC(CO)[C@H](O)[C@H](O)C7O)[C@H]6O)C(NC(C)=O)[C@H]5O)OC(CO)[C@@H]4O)C(NC(C)=O)[C@H]3O)OC(CO)[C@@H]2O)OC(CO)[C@@H](O)[C@@H]1O. The Kier molecular flexibility index (Phi) is 26.6. The van der Waals surface area contributed by atoms with Crippen LogP contribution in [0.4, 0.5) is 0 Å². The van der Waals surface area contributed by atoms with E-state index in [1.807, 2.05) is 0 Å². The minimum Gasteiger partial charge on any atom is -0.394 e. The number of aliphatic hydroxyl groups excluding tert-OH is 18. The average Bonchev–Trinajstić information content (AvgIpc) is 0.837. The van der Waals surface area contributed by atoms with Crippen molar-refractivity contribution in [2.45, 2.75) is 249 Å². The third kappa shape index (κ3) is 16.5. The molecule has 7 aliphatic heterocycles. The van der Waals surface area contributed by atoms with Crippen molar-refractivity contribution in [1.29, 1.82) is 0 Å². The van der Waals surface area contributed by atoms with E-state index in [9.17, 15) is 111 Å². The van der Waals surface area contributed by atoms with Crippen LogP contribution in [0.25, 0.3) is 0 Å². The Hall–Kier alpha value is -3.36. The van der Waals surface area contributed by atoms with E-state index in [4.69, 9.17) is 61.6 Å². The number of amides is 4. The van der Waals surface area contributed by atoms with E-state index >= 15 is 0 Å². The minimum absolute atomic E-state index is 0.614. The summed E-state index contributed by atoms with van der Waals surface area (Å²) in [5.41, 5.74) is 0.